The summed E-state index contributed by atoms with van der Waals surface area (Å²) in [5.74, 6) is 1.56. The smallest absolute Gasteiger partial charge is 0.225 e. The first kappa shape index (κ1) is 21.4. The molecular formula is C21H34N2O4. The fourth-order valence-electron chi connectivity index (χ4n) is 3.71. The van der Waals surface area contributed by atoms with Gasteiger partial charge in [0, 0.05) is 36.8 Å². The van der Waals surface area contributed by atoms with Crippen LogP contribution >= 0.6 is 0 Å². The lowest BCUT2D eigenvalue weighted by atomic mass is 9.96. The highest BCUT2D eigenvalue weighted by molar-refractivity contribution is 5.91. The van der Waals surface area contributed by atoms with Crippen LogP contribution in [0.3, 0.4) is 0 Å². The second-order valence-electron chi connectivity index (χ2n) is 7.19. The molecule has 2 rings (SSSR count). The van der Waals surface area contributed by atoms with Gasteiger partial charge in [0.05, 0.1) is 21.3 Å². The van der Waals surface area contributed by atoms with Gasteiger partial charge in [0.15, 0.2) is 11.5 Å². The third-order valence-corrected chi connectivity index (χ3v) is 5.34. The molecule has 6 heteroatoms. The zero-order valence-corrected chi connectivity index (χ0v) is 17.2. The minimum atomic E-state index is -0.0121. The Labute approximate surface area is 163 Å². The maximum Gasteiger partial charge on any atom is 0.225 e. The van der Waals surface area contributed by atoms with Crippen molar-refractivity contribution in [2.75, 3.05) is 40.2 Å². The van der Waals surface area contributed by atoms with E-state index in [1.165, 1.54) is 44.9 Å². The average Bonchev–Trinajstić information content (AvgIpc) is 2.65. The molecule has 0 atom stereocenters. The maximum atomic E-state index is 12.4. The molecule has 0 aromatic heterocycles. The first-order valence-corrected chi connectivity index (χ1v) is 9.89. The van der Waals surface area contributed by atoms with Gasteiger partial charge in [0.2, 0.25) is 11.7 Å². The first-order valence-electron chi connectivity index (χ1n) is 9.89. The predicted molar refractivity (Wildman–Crippen MR) is 108 cm³/mol. The van der Waals surface area contributed by atoms with Gasteiger partial charge in [-0.25, -0.2) is 0 Å². The molecule has 1 aliphatic rings. The van der Waals surface area contributed by atoms with Crippen molar-refractivity contribution >= 4 is 11.6 Å². The molecule has 27 heavy (non-hydrogen) atoms. The summed E-state index contributed by atoms with van der Waals surface area (Å²) in [6, 6.07) is 4.09. The van der Waals surface area contributed by atoms with Crippen LogP contribution < -0.4 is 19.5 Å². The number of benzene rings is 1. The number of nitrogens with one attached hydrogen (secondary N) is 1. The fourth-order valence-corrected chi connectivity index (χ4v) is 3.71. The second kappa shape index (κ2) is 11.0. The number of nitrogens with zero attached hydrogens (tertiary/aromatic N) is 1. The standard InChI is InChI=1S/C21H34N2O4/c1-23(17-10-8-6-5-7-9-11-17)13-12-20(24)22-16-14-18(25-2)21(27-4)19(15-16)26-3/h14-15,17H,5-13H2,1-4H3,(H,22,24). The molecule has 1 amide bonds. The Balaban J connectivity index is 1.91. The summed E-state index contributed by atoms with van der Waals surface area (Å²) in [5, 5.41) is 2.94. The van der Waals surface area contributed by atoms with Gasteiger partial charge < -0.3 is 24.4 Å². The van der Waals surface area contributed by atoms with E-state index in [-0.39, 0.29) is 5.91 Å². The number of carbonyl (C=O) groups is 1. The van der Waals surface area contributed by atoms with Crippen LogP contribution in [0.15, 0.2) is 12.1 Å². The van der Waals surface area contributed by atoms with Gasteiger partial charge in [-0.15, -0.1) is 0 Å². The topological polar surface area (TPSA) is 60.0 Å². The average molecular weight is 379 g/mol. The van der Waals surface area contributed by atoms with Crippen molar-refractivity contribution in [3.05, 3.63) is 12.1 Å². The van der Waals surface area contributed by atoms with Crippen LogP contribution in [0.25, 0.3) is 0 Å². The lowest BCUT2D eigenvalue weighted by molar-refractivity contribution is -0.116. The van der Waals surface area contributed by atoms with Crippen LogP contribution in [0, 0.1) is 0 Å². The number of methoxy groups -OCH3 is 3. The van der Waals surface area contributed by atoms with Crippen LogP contribution in [0.4, 0.5) is 5.69 Å². The Kier molecular flexibility index (Phi) is 8.72. The van der Waals surface area contributed by atoms with Gasteiger partial charge >= 0.3 is 0 Å². The van der Waals surface area contributed by atoms with E-state index in [1.54, 1.807) is 33.5 Å². The summed E-state index contributed by atoms with van der Waals surface area (Å²) in [6.45, 7) is 0.765. The van der Waals surface area contributed by atoms with Crippen molar-refractivity contribution in [1.82, 2.24) is 4.90 Å². The Morgan fingerprint density at radius 2 is 1.56 bits per heavy atom. The number of hydrogen-bond acceptors (Lipinski definition) is 5. The molecular weight excluding hydrogens is 344 g/mol. The largest absolute Gasteiger partial charge is 0.493 e. The molecule has 0 spiro atoms. The van der Waals surface area contributed by atoms with Crippen LogP contribution in [-0.4, -0.2) is 51.8 Å². The molecule has 0 aliphatic heterocycles. The van der Waals surface area contributed by atoms with Crippen molar-refractivity contribution in [3.63, 3.8) is 0 Å². The van der Waals surface area contributed by atoms with Gasteiger partial charge in [-0.2, -0.15) is 0 Å². The highest BCUT2D eigenvalue weighted by Gasteiger charge is 2.18. The Morgan fingerprint density at radius 3 is 2.07 bits per heavy atom. The number of rotatable bonds is 8. The van der Waals surface area contributed by atoms with Gasteiger partial charge in [0.1, 0.15) is 0 Å². The molecule has 0 radical (unpaired) electrons. The number of hydrogen-bond donors (Lipinski definition) is 1. The minimum absolute atomic E-state index is 0.0121. The third-order valence-electron chi connectivity index (χ3n) is 5.34. The molecule has 1 aromatic carbocycles. The van der Waals surface area contributed by atoms with E-state index in [0.29, 0.717) is 35.4 Å². The summed E-state index contributed by atoms with van der Waals surface area (Å²) >= 11 is 0. The van der Waals surface area contributed by atoms with Gasteiger partial charge in [-0.05, 0) is 19.9 Å². The van der Waals surface area contributed by atoms with Crippen molar-refractivity contribution in [3.8, 4) is 17.2 Å². The molecule has 152 valence electrons. The van der Waals surface area contributed by atoms with Gasteiger partial charge in [-0.3, -0.25) is 4.79 Å². The van der Waals surface area contributed by atoms with E-state index in [9.17, 15) is 4.79 Å². The van der Waals surface area contributed by atoms with E-state index in [0.717, 1.165) is 6.54 Å². The van der Waals surface area contributed by atoms with E-state index in [2.05, 4.69) is 17.3 Å². The number of ether oxygens (including phenoxy) is 3. The molecule has 0 unspecified atom stereocenters. The zero-order valence-electron chi connectivity index (χ0n) is 17.2. The summed E-state index contributed by atoms with van der Waals surface area (Å²) in [6.07, 6.45) is 9.59. The number of carbonyl (C=O) groups excluding carboxylic acids is 1. The van der Waals surface area contributed by atoms with Crippen LogP contribution in [0.2, 0.25) is 0 Å². The lowest BCUT2D eigenvalue weighted by Crippen LogP contribution is -2.34. The number of amides is 1. The fraction of sp³-hybridized carbons (Fsp3) is 0.667. The molecule has 1 saturated carbocycles. The van der Waals surface area contributed by atoms with Crippen LogP contribution in [0.1, 0.15) is 51.4 Å². The quantitative estimate of drug-likeness (QED) is 0.738. The van der Waals surface area contributed by atoms with Crippen LogP contribution in [0.5, 0.6) is 17.2 Å². The summed E-state index contributed by atoms with van der Waals surface area (Å²) in [7, 11) is 6.82. The second-order valence-corrected chi connectivity index (χ2v) is 7.19. The molecule has 0 saturated heterocycles. The Morgan fingerprint density at radius 1 is 1.00 bits per heavy atom. The van der Waals surface area contributed by atoms with Crippen molar-refractivity contribution in [2.24, 2.45) is 0 Å². The first-order chi connectivity index (χ1) is 13.1. The summed E-state index contributed by atoms with van der Waals surface area (Å²) in [4.78, 5) is 14.8. The third kappa shape index (κ3) is 6.31. The Hall–Kier alpha value is -1.95. The highest BCUT2D eigenvalue weighted by Crippen LogP contribution is 2.39. The number of anilines is 1. The van der Waals surface area contributed by atoms with E-state index < -0.39 is 0 Å². The Bertz CT molecular complexity index is 573. The molecule has 1 aliphatic carbocycles. The molecule has 1 fully saturated rings. The normalized spacial score (nSPS) is 15.7. The monoisotopic (exact) mass is 378 g/mol. The molecule has 1 N–H and O–H groups in total. The maximum absolute atomic E-state index is 12.4. The van der Waals surface area contributed by atoms with Crippen molar-refractivity contribution < 1.29 is 19.0 Å². The van der Waals surface area contributed by atoms with Gasteiger partial charge in [0.25, 0.3) is 0 Å². The molecule has 0 bridgehead atoms. The molecule has 6 nitrogen and oxygen atoms in total. The summed E-state index contributed by atoms with van der Waals surface area (Å²) in [5.41, 5.74) is 0.642. The zero-order chi connectivity index (χ0) is 19.6. The van der Waals surface area contributed by atoms with Crippen LogP contribution in [-0.2, 0) is 4.79 Å². The van der Waals surface area contributed by atoms with Crippen molar-refractivity contribution in [1.29, 1.82) is 0 Å². The van der Waals surface area contributed by atoms with E-state index in [1.807, 2.05) is 0 Å². The van der Waals surface area contributed by atoms with Gasteiger partial charge in [-0.1, -0.05) is 32.1 Å². The minimum Gasteiger partial charge on any atom is -0.493 e. The molecule has 0 heterocycles. The lowest BCUT2D eigenvalue weighted by Gasteiger charge is -2.29. The SMILES string of the molecule is COc1cc(NC(=O)CCN(C)C2CCCCCCC2)cc(OC)c1OC. The molecule has 1 aromatic rings. The van der Waals surface area contributed by atoms with Crippen molar-refractivity contribution in [2.45, 2.75) is 57.4 Å². The summed E-state index contributed by atoms with van der Waals surface area (Å²) < 4.78 is 16.0. The highest BCUT2D eigenvalue weighted by atomic mass is 16.5. The van der Waals surface area contributed by atoms with E-state index in [4.69, 9.17) is 14.2 Å². The predicted octanol–water partition coefficient (Wildman–Crippen LogP) is 4.09. The van der Waals surface area contributed by atoms with E-state index >= 15 is 0 Å².